The van der Waals surface area contributed by atoms with Crippen LogP contribution in [0.2, 0.25) is 0 Å². The highest BCUT2D eigenvalue weighted by Crippen LogP contribution is 1.92. The van der Waals surface area contributed by atoms with Crippen molar-refractivity contribution >= 4 is 23.0 Å². The summed E-state index contributed by atoms with van der Waals surface area (Å²) in [6.45, 7) is 0. The molecular weight excluding hydrogens is 128 g/mol. The minimum absolute atomic E-state index is 0.271. The summed E-state index contributed by atoms with van der Waals surface area (Å²) in [6, 6.07) is 0. The van der Waals surface area contributed by atoms with Crippen molar-refractivity contribution in [3.63, 3.8) is 0 Å². The molecule has 8 heavy (non-hydrogen) atoms. The highest BCUT2D eigenvalue weighted by atomic mass is 32.2. The van der Waals surface area contributed by atoms with Gasteiger partial charge in [0.2, 0.25) is 0 Å². The smallest absolute Gasteiger partial charge is 0.157 e. The van der Waals surface area contributed by atoms with E-state index in [-0.39, 0.29) is 5.04 Å². The fourth-order valence-corrected chi connectivity index (χ4v) is 0.403. The van der Waals surface area contributed by atoms with Gasteiger partial charge in [-0.1, -0.05) is 10.3 Å². The van der Waals surface area contributed by atoms with Gasteiger partial charge in [-0.3, -0.25) is 0 Å². The molecule has 0 atom stereocenters. The third-order valence-corrected chi connectivity index (χ3v) is 1.08. The SMILES string of the molecule is CSC(/C=N/O)=N\O. The normalized spacial score (nSPS) is 12.9. The van der Waals surface area contributed by atoms with Crippen molar-refractivity contribution < 1.29 is 10.4 Å². The van der Waals surface area contributed by atoms with E-state index in [1.54, 1.807) is 6.26 Å². The van der Waals surface area contributed by atoms with Crippen LogP contribution in [0, 0.1) is 0 Å². The van der Waals surface area contributed by atoms with Crippen LogP contribution in [-0.2, 0) is 0 Å². The lowest BCUT2D eigenvalue weighted by molar-refractivity contribution is 0.317. The van der Waals surface area contributed by atoms with Gasteiger partial charge in [-0.2, -0.15) is 0 Å². The van der Waals surface area contributed by atoms with E-state index in [1.807, 2.05) is 0 Å². The molecule has 0 amide bonds. The van der Waals surface area contributed by atoms with Gasteiger partial charge in [-0.05, 0) is 6.26 Å². The van der Waals surface area contributed by atoms with Crippen LogP contribution in [0.5, 0.6) is 0 Å². The third kappa shape index (κ3) is 2.46. The quantitative estimate of drug-likeness (QED) is 0.239. The van der Waals surface area contributed by atoms with Gasteiger partial charge in [0.1, 0.15) is 6.21 Å². The first kappa shape index (κ1) is 7.29. The Balaban J connectivity index is 3.72. The van der Waals surface area contributed by atoms with E-state index < -0.39 is 0 Å². The molecule has 0 rings (SSSR count). The maximum atomic E-state index is 8.02. The maximum Gasteiger partial charge on any atom is 0.157 e. The molecule has 0 fully saturated rings. The van der Waals surface area contributed by atoms with E-state index in [0.717, 1.165) is 6.21 Å². The Morgan fingerprint density at radius 2 is 2.25 bits per heavy atom. The Bertz CT molecular complexity index is 109. The number of rotatable bonds is 1. The van der Waals surface area contributed by atoms with Gasteiger partial charge >= 0.3 is 0 Å². The van der Waals surface area contributed by atoms with Crippen LogP contribution in [-0.4, -0.2) is 27.9 Å². The number of thioether (sulfide) groups is 1. The zero-order valence-corrected chi connectivity index (χ0v) is 5.09. The van der Waals surface area contributed by atoms with Gasteiger partial charge in [0.15, 0.2) is 5.04 Å². The molecule has 0 spiro atoms. The second-order valence-corrected chi connectivity index (χ2v) is 1.71. The summed E-state index contributed by atoms with van der Waals surface area (Å²) in [5.41, 5.74) is 0. The van der Waals surface area contributed by atoms with Crippen molar-refractivity contribution in [2.75, 3.05) is 6.26 Å². The molecule has 0 saturated heterocycles. The molecule has 0 aromatic heterocycles. The number of nitrogens with zero attached hydrogens (tertiary/aromatic N) is 2. The lowest BCUT2D eigenvalue weighted by Gasteiger charge is -1.84. The Morgan fingerprint density at radius 3 is 2.38 bits per heavy atom. The lowest BCUT2D eigenvalue weighted by Crippen LogP contribution is -1.90. The molecule has 0 aromatic rings. The van der Waals surface area contributed by atoms with Gasteiger partial charge in [-0.25, -0.2) is 0 Å². The highest BCUT2D eigenvalue weighted by Gasteiger charge is 1.87. The van der Waals surface area contributed by atoms with E-state index in [1.165, 1.54) is 11.8 Å². The van der Waals surface area contributed by atoms with Crippen LogP contribution in [0.25, 0.3) is 0 Å². The van der Waals surface area contributed by atoms with E-state index in [0.29, 0.717) is 0 Å². The largest absolute Gasteiger partial charge is 0.411 e. The molecule has 0 heterocycles. The standard InChI is InChI=1S/C3H6N2O2S/c1-8-3(5-7)2-4-6/h2,6-7H,1H3/b4-2+,5-3-. The molecule has 0 aliphatic rings. The van der Waals surface area contributed by atoms with Crippen LogP contribution in [0.4, 0.5) is 0 Å². The molecular formula is C3H6N2O2S. The van der Waals surface area contributed by atoms with Gasteiger partial charge in [0, 0.05) is 0 Å². The molecule has 0 unspecified atom stereocenters. The van der Waals surface area contributed by atoms with E-state index >= 15 is 0 Å². The average molecular weight is 134 g/mol. The third-order valence-electron chi connectivity index (χ3n) is 0.476. The van der Waals surface area contributed by atoms with Gasteiger partial charge in [0.05, 0.1) is 0 Å². The van der Waals surface area contributed by atoms with Crippen LogP contribution in [0.3, 0.4) is 0 Å². The first-order valence-electron chi connectivity index (χ1n) is 1.78. The molecule has 0 aliphatic carbocycles. The number of hydrogen-bond donors (Lipinski definition) is 2. The van der Waals surface area contributed by atoms with E-state index in [2.05, 4.69) is 10.3 Å². The van der Waals surface area contributed by atoms with E-state index in [9.17, 15) is 0 Å². The molecule has 0 saturated carbocycles. The molecule has 0 bridgehead atoms. The molecule has 46 valence electrons. The molecule has 4 nitrogen and oxygen atoms in total. The minimum Gasteiger partial charge on any atom is -0.411 e. The fraction of sp³-hybridized carbons (Fsp3) is 0.333. The monoisotopic (exact) mass is 134 g/mol. The summed E-state index contributed by atoms with van der Waals surface area (Å²) in [7, 11) is 0. The average Bonchev–Trinajstić information content (AvgIpc) is 1.83. The van der Waals surface area contributed by atoms with Crippen molar-refractivity contribution in [1.82, 2.24) is 0 Å². The Kier molecular flexibility index (Phi) is 4.05. The first-order valence-corrected chi connectivity index (χ1v) is 3.01. The van der Waals surface area contributed by atoms with Gasteiger partial charge in [-0.15, -0.1) is 11.8 Å². The fourth-order valence-electron chi connectivity index (χ4n) is 0.169. The van der Waals surface area contributed by atoms with Crippen LogP contribution < -0.4 is 0 Å². The van der Waals surface area contributed by atoms with Gasteiger partial charge in [0.25, 0.3) is 0 Å². The summed E-state index contributed by atoms with van der Waals surface area (Å²) >= 11 is 1.19. The number of oxime groups is 2. The van der Waals surface area contributed by atoms with Crippen LogP contribution in [0.1, 0.15) is 0 Å². The number of hydrogen-bond acceptors (Lipinski definition) is 5. The van der Waals surface area contributed by atoms with Crippen molar-refractivity contribution in [2.24, 2.45) is 10.3 Å². The second kappa shape index (κ2) is 4.45. The van der Waals surface area contributed by atoms with Crippen LogP contribution in [0.15, 0.2) is 10.3 Å². The van der Waals surface area contributed by atoms with Crippen molar-refractivity contribution in [2.45, 2.75) is 0 Å². The summed E-state index contributed by atoms with van der Waals surface area (Å²) in [4.78, 5) is 0. The Labute approximate surface area is 50.9 Å². The highest BCUT2D eigenvalue weighted by molar-refractivity contribution is 8.14. The molecule has 0 aromatic carbocycles. The van der Waals surface area contributed by atoms with Crippen molar-refractivity contribution in [3.05, 3.63) is 0 Å². The second-order valence-electron chi connectivity index (χ2n) is 0.887. The maximum absolute atomic E-state index is 8.02. The topological polar surface area (TPSA) is 65.2 Å². The predicted octanol–water partition coefficient (Wildman–Crippen LogP) is 0.597. The van der Waals surface area contributed by atoms with Gasteiger partial charge < -0.3 is 10.4 Å². The lowest BCUT2D eigenvalue weighted by atomic mass is 10.8. The van der Waals surface area contributed by atoms with Crippen molar-refractivity contribution in [3.8, 4) is 0 Å². The Hall–Kier alpha value is -0.710. The zero-order valence-electron chi connectivity index (χ0n) is 4.27. The van der Waals surface area contributed by atoms with Crippen molar-refractivity contribution in [1.29, 1.82) is 0 Å². The zero-order chi connectivity index (χ0) is 6.41. The molecule has 5 heteroatoms. The Morgan fingerprint density at radius 1 is 1.62 bits per heavy atom. The minimum atomic E-state index is 0.271. The molecule has 0 aliphatic heterocycles. The van der Waals surface area contributed by atoms with E-state index in [4.69, 9.17) is 10.4 Å². The summed E-state index contributed by atoms with van der Waals surface area (Å²) < 4.78 is 0. The van der Waals surface area contributed by atoms with Crippen LogP contribution >= 0.6 is 11.8 Å². The first-order chi connectivity index (χ1) is 3.85. The molecule has 0 radical (unpaired) electrons. The summed E-state index contributed by atoms with van der Waals surface area (Å²) in [6.07, 6.45) is 2.75. The predicted molar refractivity (Wildman–Crippen MR) is 33.0 cm³/mol. The molecule has 2 N–H and O–H groups in total. The summed E-state index contributed by atoms with van der Waals surface area (Å²) in [5.74, 6) is 0. The summed E-state index contributed by atoms with van der Waals surface area (Å²) in [5, 5.41) is 21.6.